The fourth-order valence-electron chi connectivity index (χ4n) is 4.81. The van der Waals surface area contributed by atoms with E-state index in [0.717, 1.165) is 44.7 Å². The van der Waals surface area contributed by atoms with Crippen molar-refractivity contribution in [2.75, 3.05) is 62.6 Å². The molecule has 1 N–H and O–H groups in total. The average Bonchev–Trinajstić information content (AvgIpc) is 3.14. The summed E-state index contributed by atoms with van der Waals surface area (Å²) in [5.41, 5.74) is 0.819. The van der Waals surface area contributed by atoms with Gasteiger partial charge in [0.25, 0.3) is 0 Å². The second-order valence-electron chi connectivity index (χ2n) is 8.88. The lowest BCUT2D eigenvalue weighted by Crippen LogP contribution is -2.54. The van der Waals surface area contributed by atoms with Crippen LogP contribution in [0.5, 0.6) is 0 Å². The van der Waals surface area contributed by atoms with Crippen LogP contribution in [0.3, 0.4) is 0 Å². The van der Waals surface area contributed by atoms with E-state index in [2.05, 4.69) is 15.1 Å². The molecule has 0 unspecified atom stereocenters. The molecule has 0 spiro atoms. The van der Waals surface area contributed by atoms with E-state index in [1.165, 1.54) is 0 Å². The molecule has 2 amide bonds. The van der Waals surface area contributed by atoms with Gasteiger partial charge in [-0.25, -0.2) is 8.42 Å². The Morgan fingerprint density at radius 1 is 0.935 bits per heavy atom. The molecule has 3 saturated heterocycles. The van der Waals surface area contributed by atoms with Gasteiger partial charge in [0.1, 0.15) is 0 Å². The largest absolute Gasteiger partial charge is 0.339 e. The summed E-state index contributed by atoms with van der Waals surface area (Å²) in [6, 6.07) is 9.61. The Morgan fingerprint density at radius 3 is 2.23 bits per heavy atom. The summed E-state index contributed by atoms with van der Waals surface area (Å²) in [5, 5.41) is 2.98. The number of amides is 2. The number of rotatable bonds is 5. The number of sulfone groups is 1. The number of benzene rings is 1. The summed E-state index contributed by atoms with van der Waals surface area (Å²) >= 11 is 0. The maximum Gasteiger partial charge on any atom is 0.236 e. The molecule has 0 aliphatic carbocycles. The van der Waals surface area contributed by atoms with Crippen molar-refractivity contribution in [1.82, 2.24) is 14.7 Å². The van der Waals surface area contributed by atoms with Crippen LogP contribution in [0.25, 0.3) is 0 Å². The van der Waals surface area contributed by atoms with Crippen LogP contribution in [-0.4, -0.2) is 98.3 Å². The third kappa shape index (κ3) is 5.84. The molecule has 1 atom stereocenters. The fourth-order valence-corrected chi connectivity index (χ4v) is 6.57. The van der Waals surface area contributed by atoms with Crippen molar-refractivity contribution in [2.24, 2.45) is 5.92 Å². The van der Waals surface area contributed by atoms with Crippen LogP contribution in [0.2, 0.25) is 0 Å². The first-order chi connectivity index (χ1) is 14.9. The first-order valence-corrected chi connectivity index (χ1v) is 13.0. The summed E-state index contributed by atoms with van der Waals surface area (Å²) in [5.74, 6) is 0.718. The van der Waals surface area contributed by atoms with Crippen molar-refractivity contribution in [2.45, 2.75) is 25.3 Å². The molecule has 0 bridgehead atoms. The maximum atomic E-state index is 12.7. The van der Waals surface area contributed by atoms with Gasteiger partial charge in [0, 0.05) is 43.8 Å². The van der Waals surface area contributed by atoms with Gasteiger partial charge in [-0.2, -0.15) is 0 Å². The average molecular weight is 449 g/mol. The Labute approximate surface area is 184 Å². The number of piperazine rings is 1. The molecule has 0 aromatic heterocycles. The van der Waals surface area contributed by atoms with Crippen LogP contribution in [0.1, 0.15) is 19.3 Å². The predicted molar refractivity (Wildman–Crippen MR) is 119 cm³/mol. The van der Waals surface area contributed by atoms with E-state index in [9.17, 15) is 18.0 Å². The molecule has 1 aromatic carbocycles. The second kappa shape index (κ2) is 9.67. The Balaban J connectivity index is 1.17. The number of hydrogen-bond acceptors (Lipinski definition) is 6. The van der Waals surface area contributed by atoms with Crippen LogP contribution >= 0.6 is 0 Å². The van der Waals surface area contributed by atoms with Gasteiger partial charge in [-0.05, 0) is 44.5 Å². The third-order valence-electron chi connectivity index (χ3n) is 6.75. The molecule has 4 rings (SSSR count). The van der Waals surface area contributed by atoms with Gasteiger partial charge in [-0.3, -0.25) is 19.4 Å². The maximum absolute atomic E-state index is 12.7. The summed E-state index contributed by atoms with van der Waals surface area (Å²) in [4.78, 5) is 31.5. The second-order valence-corrected chi connectivity index (χ2v) is 11.1. The van der Waals surface area contributed by atoms with Crippen LogP contribution < -0.4 is 5.32 Å². The highest BCUT2D eigenvalue weighted by molar-refractivity contribution is 7.91. The molecule has 3 aliphatic rings. The fraction of sp³-hybridized carbons (Fsp3) is 0.636. The van der Waals surface area contributed by atoms with E-state index in [1.807, 2.05) is 35.2 Å². The number of hydrogen-bond donors (Lipinski definition) is 1. The molecule has 8 nitrogen and oxygen atoms in total. The standard InChI is InChI=1S/C22H32N4O4S/c27-21(26-13-11-25(12-14-26)20-8-15-31(29,30)17-20)16-24-9-6-18(7-10-24)22(28)23-19-4-2-1-3-5-19/h1-5,18,20H,6-17H2,(H,23,28)/t20-/m1/s1. The molecule has 3 fully saturated rings. The number of carbonyl (C=O) groups excluding carboxylic acids is 2. The minimum atomic E-state index is -2.88. The van der Waals surface area contributed by atoms with Gasteiger partial charge >= 0.3 is 0 Å². The lowest BCUT2D eigenvalue weighted by molar-refractivity contribution is -0.134. The summed E-state index contributed by atoms with van der Waals surface area (Å²) in [6.07, 6.45) is 2.23. The monoisotopic (exact) mass is 448 g/mol. The molecule has 0 saturated carbocycles. The summed E-state index contributed by atoms with van der Waals surface area (Å²) < 4.78 is 23.4. The number of carbonyl (C=O) groups is 2. The Hall–Kier alpha value is -1.97. The Morgan fingerprint density at radius 2 is 1.61 bits per heavy atom. The van der Waals surface area contributed by atoms with Gasteiger partial charge in [0.05, 0.1) is 18.1 Å². The van der Waals surface area contributed by atoms with Crippen molar-refractivity contribution >= 4 is 27.3 Å². The molecule has 1 aromatic rings. The first-order valence-electron chi connectivity index (χ1n) is 11.2. The van der Waals surface area contributed by atoms with Gasteiger partial charge in [-0.1, -0.05) is 18.2 Å². The summed E-state index contributed by atoms with van der Waals surface area (Å²) in [7, 11) is -2.88. The zero-order chi connectivity index (χ0) is 21.8. The van der Waals surface area contributed by atoms with Crippen molar-refractivity contribution in [3.05, 3.63) is 30.3 Å². The number of nitrogens with one attached hydrogen (secondary N) is 1. The molecule has 0 radical (unpaired) electrons. The van der Waals surface area contributed by atoms with Crippen LogP contribution in [0.15, 0.2) is 30.3 Å². The van der Waals surface area contributed by atoms with E-state index < -0.39 is 9.84 Å². The Bertz CT molecular complexity index is 876. The molecular weight excluding hydrogens is 416 g/mol. The van der Waals surface area contributed by atoms with Gasteiger partial charge < -0.3 is 10.2 Å². The SMILES string of the molecule is O=C(Nc1ccccc1)C1CCN(CC(=O)N2CCN([C@@H]3CCS(=O)(=O)C3)CC2)CC1. The summed E-state index contributed by atoms with van der Waals surface area (Å²) in [6.45, 7) is 4.69. The third-order valence-corrected chi connectivity index (χ3v) is 8.50. The molecule has 31 heavy (non-hydrogen) atoms. The first kappa shape index (κ1) is 22.2. The topological polar surface area (TPSA) is 90.0 Å². The van der Waals surface area contributed by atoms with Crippen LogP contribution in [0.4, 0.5) is 5.69 Å². The van der Waals surface area contributed by atoms with Gasteiger partial charge in [0.15, 0.2) is 9.84 Å². The Kier molecular flexibility index (Phi) is 6.93. The normalized spacial score (nSPS) is 25.4. The zero-order valence-corrected chi connectivity index (χ0v) is 18.7. The molecule has 3 heterocycles. The van der Waals surface area contributed by atoms with E-state index in [0.29, 0.717) is 26.1 Å². The van der Waals surface area contributed by atoms with Crippen molar-refractivity contribution in [3.8, 4) is 0 Å². The quantitative estimate of drug-likeness (QED) is 0.712. The lowest BCUT2D eigenvalue weighted by Gasteiger charge is -2.39. The van der Waals surface area contributed by atoms with Crippen molar-refractivity contribution < 1.29 is 18.0 Å². The van der Waals surface area contributed by atoms with Crippen molar-refractivity contribution in [1.29, 1.82) is 0 Å². The van der Waals surface area contributed by atoms with E-state index in [4.69, 9.17) is 0 Å². The molecular formula is C22H32N4O4S. The predicted octanol–water partition coefficient (Wildman–Crippen LogP) is 0.668. The number of para-hydroxylation sites is 1. The van der Waals surface area contributed by atoms with Crippen molar-refractivity contribution in [3.63, 3.8) is 0 Å². The van der Waals surface area contributed by atoms with Gasteiger partial charge in [0.2, 0.25) is 11.8 Å². The highest BCUT2D eigenvalue weighted by Gasteiger charge is 2.34. The van der Waals surface area contributed by atoms with Crippen LogP contribution in [0, 0.1) is 5.92 Å². The minimum Gasteiger partial charge on any atom is -0.339 e. The van der Waals surface area contributed by atoms with Gasteiger partial charge in [-0.15, -0.1) is 0 Å². The zero-order valence-electron chi connectivity index (χ0n) is 17.9. The number of nitrogens with zero attached hydrogens (tertiary/aromatic N) is 3. The number of piperidine rings is 1. The smallest absolute Gasteiger partial charge is 0.236 e. The number of likely N-dealkylation sites (tertiary alicyclic amines) is 1. The molecule has 3 aliphatic heterocycles. The number of anilines is 1. The van der Waals surface area contributed by atoms with E-state index in [1.54, 1.807) is 0 Å². The van der Waals surface area contributed by atoms with E-state index >= 15 is 0 Å². The minimum absolute atomic E-state index is 0.0159. The lowest BCUT2D eigenvalue weighted by atomic mass is 9.95. The van der Waals surface area contributed by atoms with Crippen LogP contribution in [-0.2, 0) is 19.4 Å². The molecule has 170 valence electrons. The van der Waals surface area contributed by atoms with E-state index in [-0.39, 0.29) is 35.3 Å². The molecule has 9 heteroatoms. The highest BCUT2D eigenvalue weighted by atomic mass is 32.2. The highest BCUT2D eigenvalue weighted by Crippen LogP contribution is 2.21.